The van der Waals surface area contributed by atoms with Gasteiger partial charge in [-0.15, -0.1) is 0 Å². The number of β-amino-alcohol motifs (C(OH)–C–C–N with tert-alkyl or cyclic N) is 2. The molecule has 2 heterocycles. The van der Waals surface area contributed by atoms with Crippen molar-refractivity contribution in [3.63, 3.8) is 0 Å². The number of hydrogen-bond acceptors (Lipinski definition) is 4. The molecule has 2 N–H and O–H groups in total. The third-order valence-corrected chi connectivity index (χ3v) is 4.13. The first-order chi connectivity index (χ1) is 9.47. The van der Waals surface area contributed by atoms with E-state index in [4.69, 9.17) is 4.42 Å². The summed E-state index contributed by atoms with van der Waals surface area (Å²) >= 11 is 3.39. The molecule has 0 spiro atoms. The molecule has 0 aliphatic carbocycles. The Morgan fingerprint density at radius 3 is 2.65 bits per heavy atom. The predicted octanol–water partition coefficient (Wildman–Crippen LogP) is 1.68. The van der Waals surface area contributed by atoms with E-state index in [2.05, 4.69) is 15.9 Å². The SMILES string of the molecule is Cc1c(C(=O)N2CC(O)C(O)C2)oc2ccc(Br)cc12. The summed E-state index contributed by atoms with van der Waals surface area (Å²) in [5, 5.41) is 19.9. The molecular formula is C14H14BrNO4. The minimum atomic E-state index is -0.891. The molecule has 2 unspecified atom stereocenters. The Balaban J connectivity index is 1.98. The van der Waals surface area contributed by atoms with Gasteiger partial charge in [-0.05, 0) is 25.1 Å². The van der Waals surface area contributed by atoms with Gasteiger partial charge in [-0.1, -0.05) is 15.9 Å². The molecule has 20 heavy (non-hydrogen) atoms. The van der Waals surface area contributed by atoms with Gasteiger partial charge in [-0.2, -0.15) is 0 Å². The first-order valence-corrected chi connectivity index (χ1v) is 7.10. The fourth-order valence-corrected chi connectivity index (χ4v) is 2.84. The van der Waals surface area contributed by atoms with E-state index in [-0.39, 0.29) is 24.8 Å². The van der Waals surface area contributed by atoms with E-state index in [1.807, 2.05) is 19.1 Å². The van der Waals surface area contributed by atoms with Crippen LogP contribution in [0, 0.1) is 6.92 Å². The van der Waals surface area contributed by atoms with Gasteiger partial charge in [0.1, 0.15) is 5.58 Å². The van der Waals surface area contributed by atoms with Crippen LogP contribution in [0.5, 0.6) is 0 Å². The summed E-state index contributed by atoms with van der Waals surface area (Å²) in [6.07, 6.45) is -1.78. The molecule has 1 aromatic carbocycles. The summed E-state index contributed by atoms with van der Waals surface area (Å²) in [6.45, 7) is 2.08. The monoisotopic (exact) mass is 339 g/mol. The van der Waals surface area contributed by atoms with E-state index in [1.54, 1.807) is 6.07 Å². The minimum Gasteiger partial charge on any atom is -0.451 e. The molecule has 1 aliphatic rings. The number of furan rings is 1. The number of rotatable bonds is 1. The molecular weight excluding hydrogens is 326 g/mol. The Morgan fingerprint density at radius 2 is 2.00 bits per heavy atom. The minimum absolute atomic E-state index is 0.125. The van der Waals surface area contributed by atoms with Crippen molar-refractivity contribution in [1.29, 1.82) is 0 Å². The van der Waals surface area contributed by atoms with E-state index in [1.165, 1.54) is 4.90 Å². The van der Waals surface area contributed by atoms with Crippen LogP contribution < -0.4 is 0 Å². The van der Waals surface area contributed by atoms with Crippen molar-refractivity contribution in [3.8, 4) is 0 Å². The molecule has 1 amide bonds. The van der Waals surface area contributed by atoms with Crippen LogP contribution in [0.1, 0.15) is 16.1 Å². The van der Waals surface area contributed by atoms with Gasteiger partial charge < -0.3 is 19.5 Å². The van der Waals surface area contributed by atoms with E-state index >= 15 is 0 Å². The number of fused-ring (bicyclic) bond motifs is 1. The maximum Gasteiger partial charge on any atom is 0.290 e. The van der Waals surface area contributed by atoms with Gasteiger partial charge in [0, 0.05) is 28.5 Å². The van der Waals surface area contributed by atoms with Crippen LogP contribution >= 0.6 is 15.9 Å². The summed E-state index contributed by atoms with van der Waals surface area (Å²) in [7, 11) is 0. The first-order valence-electron chi connectivity index (χ1n) is 6.31. The lowest BCUT2D eigenvalue weighted by atomic mass is 10.1. The maximum atomic E-state index is 12.4. The predicted molar refractivity (Wildman–Crippen MR) is 76.6 cm³/mol. The Kier molecular flexibility index (Phi) is 3.32. The number of carbonyl (C=O) groups excluding carboxylic acids is 1. The molecule has 1 aliphatic heterocycles. The number of aliphatic hydroxyl groups excluding tert-OH is 2. The smallest absolute Gasteiger partial charge is 0.290 e. The molecule has 0 bridgehead atoms. The second-order valence-electron chi connectivity index (χ2n) is 5.04. The van der Waals surface area contributed by atoms with Crippen molar-refractivity contribution in [2.75, 3.05) is 13.1 Å². The number of nitrogens with zero attached hydrogens (tertiary/aromatic N) is 1. The largest absolute Gasteiger partial charge is 0.451 e. The third-order valence-electron chi connectivity index (χ3n) is 3.64. The van der Waals surface area contributed by atoms with Crippen LogP contribution in [0.3, 0.4) is 0 Å². The van der Waals surface area contributed by atoms with Crippen LogP contribution in [0.4, 0.5) is 0 Å². The molecule has 3 rings (SSSR count). The van der Waals surface area contributed by atoms with Gasteiger partial charge in [-0.3, -0.25) is 4.79 Å². The van der Waals surface area contributed by atoms with Crippen LogP contribution in [-0.4, -0.2) is 46.3 Å². The summed E-state index contributed by atoms with van der Waals surface area (Å²) in [6, 6.07) is 5.55. The lowest BCUT2D eigenvalue weighted by Crippen LogP contribution is -2.29. The number of amides is 1. The topological polar surface area (TPSA) is 73.9 Å². The number of hydrogen-bond donors (Lipinski definition) is 2. The van der Waals surface area contributed by atoms with Crippen LogP contribution in [0.15, 0.2) is 27.1 Å². The fraction of sp³-hybridized carbons (Fsp3) is 0.357. The average molecular weight is 340 g/mol. The molecule has 1 saturated heterocycles. The number of aliphatic hydroxyl groups is 2. The number of carbonyl (C=O) groups is 1. The van der Waals surface area contributed by atoms with Crippen LogP contribution in [-0.2, 0) is 0 Å². The highest BCUT2D eigenvalue weighted by Crippen LogP contribution is 2.29. The molecule has 106 valence electrons. The average Bonchev–Trinajstić information content (AvgIpc) is 2.91. The number of likely N-dealkylation sites (tertiary alicyclic amines) is 1. The number of halogens is 1. The van der Waals surface area contributed by atoms with Crippen LogP contribution in [0.2, 0.25) is 0 Å². The van der Waals surface area contributed by atoms with E-state index in [0.717, 1.165) is 15.4 Å². The van der Waals surface area contributed by atoms with Crippen molar-refractivity contribution in [2.45, 2.75) is 19.1 Å². The van der Waals surface area contributed by atoms with E-state index in [9.17, 15) is 15.0 Å². The summed E-state index contributed by atoms with van der Waals surface area (Å²) in [5.41, 5.74) is 1.41. The fourth-order valence-electron chi connectivity index (χ4n) is 2.48. The molecule has 5 nitrogen and oxygen atoms in total. The van der Waals surface area contributed by atoms with Crippen molar-refractivity contribution < 1.29 is 19.4 Å². The van der Waals surface area contributed by atoms with Crippen molar-refractivity contribution in [3.05, 3.63) is 34.0 Å². The summed E-state index contributed by atoms with van der Waals surface area (Å²) in [5.74, 6) is -0.0372. The highest BCUT2D eigenvalue weighted by atomic mass is 79.9. The van der Waals surface area contributed by atoms with Crippen LogP contribution in [0.25, 0.3) is 11.0 Å². The van der Waals surface area contributed by atoms with Gasteiger partial charge in [0.15, 0.2) is 5.76 Å². The van der Waals surface area contributed by atoms with Crippen molar-refractivity contribution in [1.82, 2.24) is 4.90 Å². The Bertz CT molecular complexity index is 671. The van der Waals surface area contributed by atoms with Gasteiger partial charge in [0.05, 0.1) is 12.2 Å². The lowest BCUT2D eigenvalue weighted by Gasteiger charge is -2.13. The molecule has 1 aromatic heterocycles. The zero-order chi connectivity index (χ0) is 14.4. The normalized spacial score (nSPS) is 22.7. The second kappa shape index (κ2) is 4.87. The van der Waals surface area contributed by atoms with Gasteiger partial charge in [0.2, 0.25) is 0 Å². The molecule has 2 aromatic rings. The maximum absolute atomic E-state index is 12.4. The summed E-state index contributed by atoms with van der Waals surface area (Å²) in [4.78, 5) is 13.8. The Labute approximate surface area is 123 Å². The Morgan fingerprint density at radius 1 is 1.35 bits per heavy atom. The molecule has 1 fully saturated rings. The zero-order valence-electron chi connectivity index (χ0n) is 10.8. The molecule has 0 radical (unpaired) electrons. The second-order valence-corrected chi connectivity index (χ2v) is 5.96. The molecule has 2 atom stereocenters. The highest BCUT2D eigenvalue weighted by Gasteiger charge is 2.35. The highest BCUT2D eigenvalue weighted by molar-refractivity contribution is 9.10. The van der Waals surface area contributed by atoms with Crippen molar-refractivity contribution in [2.24, 2.45) is 0 Å². The number of benzene rings is 1. The molecule has 0 saturated carbocycles. The lowest BCUT2D eigenvalue weighted by molar-refractivity contribution is 0.0572. The molecule has 6 heteroatoms. The Hall–Kier alpha value is -1.37. The summed E-state index contributed by atoms with van der Waals surface area (Å²) < 4.78 is 6.54. The van der Waals surface area contributed by atoms with E-state index in [0.29, 0.717) is 5.58 Å². The quantitative estimate of drug-likeness (QED) is 0.828. The van der Waals surface area contributed by atoms with E-state index < -0.39 is 12.2 Å². The van der Waals surface area contributed by atoms with Gasteiger partial charge in [0.25, 0.3) is 5.91 Å². The van der Waals surface area contributed by atoms with Gasteiger partial charge in [-0.25, -0.2) is 0 Å². The first kappa shape index (κ1) is 13.6. The van der Waals surface area contributed by atoms with Gasteiger partial charge >= 0.3 is 0 Å². The van der Waals surface area contributed by atoms with Crippen molar-refractivity contribution >= 4 is 32.8 Å². The zero-order valence-corrected chi connectivity index (χ0v) is 12.4. The number of aryl methyl sites for hydroxylation is 1. The standard InChI is InChI=1S/C14H14BrNO4/c1-7-9-4-8(15)2-3-12(9)20-13(7)14(19)16-5-10(17)11(18)6-16/h2-4,10-11,17-18H,5-6H2,1H3. The third kappa shape index (κ3) is 2.13.